The van der Waals surface area contributed by atoms with Crippen molar-refractivity contribution in [1.29, 1.82) is 0 Å². The third-order valence-corrected chi connectivity index (χ3v) is 2.57. The van der Waals surface area contributed by atoms with Crippen LogP contribution in [-0.4, -0.2) is 16.0 Å². The Bertz CT molecular complexity index is 613. The predicted molar refractivity (Wildman–Crippen MR) is 72.6 cm³/mol. The minimum Gasteiger partial charge on any atom is -0.508 e. The second-order valence-electron chi connectivity index (χ2n) is 4.01. The SMILES string of the molecule is NC(=O)c1cccc(NCc2cc(N)ccc2O)n1. The number of benzene rings is 1. The van der Waals surface area contributed by atoms with Crippen molar-refractivity contribution in [3.63, 3.8) is 0 Å². The largest absolute Gasteiger partial charge is 0.508 e. The van der Waals surface area contributed by atoms with Crippen molar-refractivity contribution >= 4 is 17.4 Å². The summed E-state index contributed by atoms with van der Waals surface area (Å²) in [5.41, 5.74) is 12.2. The van der Waals surface area contributed by atoms with Crippen LogP contribution in [0.4, 0.5) is 11.5 Å². The number of hydrogen-bond donors (Lipinski definition) is 4. The zero-order valence-corrected chi connectivity index (χ0v) is 10.1. The van der Waals surface area contributed by atoms with Crippen LogP contribution in [0.25, 0.3) is 0 Å². The number of phenolic OH excluding ortho intramolecular Hbond substituents is 1. The Kier molecular flexibility index (Phi) is 3.51. The molecule has 1 aromatic heterocycles. The van der Waals surface area contributed by atoms with Gasteiger partial charge in [-0.1, -0.05) is 6.07 Å². The molecule has 1 aromatic carbocycles. The molecule has 2 rings (SSSR count). The van der Waals surface area contributed by atoms with E-state index in [2.05, 4.69) is 10.3 Å². The van der Waals surface area contributed by atoms with Crippen molar-refractivity contribution in [1.82, 2.24) is 4.98 Å². The fraction of sp³-hybridized carbons (Fsp3) is 0.0769. The summed E-state index contributed by atoms with van der Waals surface area (Å²) < 4.78 is 0. The van der Waals surface area contributed by atoms with Gasteiger partial charge < -0.3 is 21.9 Å². The van der Waals surface area contributed by atoms with Gasteiger partial charge in [-0.05, 0) is 30.3 Å². The number of amides is 1. The quantitative estimate of drug-likeness (QED) is 0.484. The first kappa shape index (κ1) is 12.7. The van der Waals surface area contributed by atoms with Crippen LogP contribution in [0.5, 0.6) is 5.75 Å². The van der Waals surface area contributed by atoms with Crippen LogP contribution in [-0.2, 0) is 6.54 Å². The second-order valence-corrected chi connectivity index (χ2v) is 4.01. The number of pyridine rings is 1. The molecule has 0 saturated carbocycles. The molecule has 0 spiro atoms. The average Bonchev–Trinajstić information content (AvgIpc) is 2.40. The lowest BCUT2D eigenvalue weighted by Crippen LogP contribution is -2.14. The number of aromatic nitrogens is 1. The molecule has 0 atom stereocenters. The highest BCUT2D eigenvalue weighted by Gasteiger charge is 2.05. The van der Waals surface area contributed by atoms with E-state index in [1.165, 1.54) is 12.1 Å². The van der Waals surface area contributed by atoms with Gasteiger partial charge in [0.25, 0.3) is 5.91 Å². The molecule has 0 fully saturated rings. The molecule has 2 aromatic rings. The van der Waals surface area contributed by atoms with Gasteiger partial charge >= 0.3 is 0 Å². The van der Waals surface area contributed by atoms with Crippen LogP contribution in [0.2, 0.25) is 0 Å². The summed E-state index contributed by atoms with van der Waals surface area (Å²) >= 11 is 0. The Morgan fingerprint density at radius 3 is 2.84 bits per heavy atom. The third-order valence-electron chi connectivity index (χ3n) is 2.57. The highest BCUT2D eigenvalue weighted by atomic mass is 16.3. The first-order valence-electron chi connectivity index (χ1n) is 5.64. The minimum atomic E-state index is -0.588. The molecular formula is C13H14N4O2. The maximum Gasteiger partial charge on any atom is 0.267 e. The number of nitrogens with one attached hydrogen (secondary N) is 1. The summed E-state index contributed by atoms with van der Waals surface area (Å²) in [7, 11) is 0. The molecule has 0 aliphatic heterocycles. The fourth-order valence-corrected chi connectivity index (χ4v) is 1.60. The van der Waals surface area contributed by atoms with E-state index in [1.54, 1.807) is 24.3 Å². The maximum absolute atomic E-state index is 11.0. The lowest BCUT2D eigenvalue weighted by molar-refractivity contribution is 0.0995. The molecule has 6 heteroatoms. The van der Waals surface area contributed by atoms with Gasteiger partial charge in [-0.25, -0.2) is 4.98 Å². The molecule has 1 amide bonds. The first-order chi connectivity index (χ1) is 9.06. The van der Waals surface area contributed by atoms with E-state index in [-0.39, 0.29) is 11.4 Å². The molecule has 0 saturated heterocycles. The Hall–Kier alpha value is -2.76. The Balaban J connectivity index is 2.12. The monoisotopic (exact) mass is 258 g/mol. The Labute approximate surface area is 110 Å². The number of anilines is 2. The number of carbonyl (C=O) groups excluding carboxylic acids is 1. The van der Waals surface area contributed by atoms with Crippen molar-refractivity contribution < 1.29 is 9.90 Å². The van der Waals surface area contributed by atoms with E-state index in [1.807, 2.05) is 0 Å². The van der Waals surface area contributed by atoms with E-state index < -0.39 is 5.91 Å². The normalized spacial score (nSPS) is 10.1. The van der Waals surface area contributed by atoms with E-state index in [0.717, 1.165) is 0 Å². The highest BCUT2D eigenvalue weighted by Crippen LogP contribution is 2.20. The lowest BCUT2D eigenvalue weighted by Gasteiger charge is -2.08. The van der Waals surface area contributed by atoms with Gasteiger partial charge in [0.2, 0.25) is 0 Å². The van der Waals surface area contributed by atoms with Gasteiger partial charge in [-0.2, -0.15) is 0 Å². The molecule has 0 radical (unpaired) electrons. The van der Waals surface area contributed by atoms with Crippen LogP contribution in [0.3, 0.4) is 0 Å². The number of nitrogens with two attached hydrogens (primary N) is 2. The molecule has 1 heterocycles. The minimum absolute atomic E-state index is 0.146. The van der Waals surface area contributed by atoms with Crippen LogP contribution in [0.1, 0.15) is 16.1 Å². The topological polar surface area (TPSA) is 114 Å². The van der Waals surface area contributed by atoms with Crippen molar-refractivity contribution in [3.05, 3.63) is 47.7 Å². The maximum atomic E-state index is 11.0. The molecule has 0 bridgehead atoms. The number of phenols is 1. The Morgan fingerprint density at radius 1 is 1.32 bits per heavy atom. The number of nitrogen functional groups attached to an aromatic ring is 1. The van der Waals surface area contributed by atoms with Crippen LogP contribution in [0.15, 0.2) is 36.4 Å². The molecule has 0 aliphatic carbocycles. The van der Waals surface area contributed by atoms with Crippen molar-refractivity contribution in [2.45, 2.75) is 6.54 Å². The second kappa shape index (κ2) is 5.26. The van der Waals surface area contributed by atoms with E-state index in [4.69, 9.17) is 11.5 Å². The van der Waals surface area contributed by atoms with E-state index >= 15 is 0 Å². The summed E-state index contributed by atoms with van der Waals surface area (Å²) in [6.45, 7) is 0.339. The van der Waals surface area contributed by atoms with Crippen LogP contribution >= 0.6 is 0 Å². The molecule has 6 N–H and O–H groups in total. The number of aromatic hydroxyl groups is 1. The third kappa shape index (κ3) is 3.12. The summed E-state index contributed by atoms with van der Waals surface area (Å²) in [5.74, 6) is 0.0568. The highest BCUT2D eigenvalue weighted by molar-refractivity contribution is 5.91. The van der Waals surface area contributed by atoms with Gasteiger partial charge in [0, 0.05) is 17.8 Å². The average molecular weight is 258 g/mol. The summed E-state index contributed by atoms with van der Waals surface area (Å²) in [5, 5.41) is 12.7. The zero-order chi connectivity index (χ0) is 13.8. The van der Waals surface area contributed by atoms with Crippen molar-refractivity contribution in [2.24, 2.45) is 5.73 Å². The van der Waals surface area contributed by atoms with E-state index in [0.29, 0.717) is 23.6 Å². The molecule has 6 nitrogen and oxygen atoms in total. The zero-order valence-electron chi connectivity index (χ0n) is 10.1. The lowest BCUT2D eigenvalue weighted by atomic mass is 10.2. The van der Waals surface area contributed by atoms with Crippen molar-refractivity contribution in [3.8, 4) is 5.75 Å². The number of hydrogen-bond acceptors (Lipinski definition) is 5. The summed E-state index contributed by atoms with van der Waals surface area (Å²) in [6.07, 6.45) is 0. The number of rotatable bonds is 4. The van der Waals surface area contributed by atoms with Crippen molar-refractivity contribution in [2.75, 3.05) is 11.1 Å². The standard InChI is InChI=1S/C13H14N4O2/c14-9-4-5-11(18)8(6-9)7-16-12-3-1-2-10(17-12)13(15)19/h1-6,18H,7,14H2,(H2,15,19)(H,16,17). The number of carbonyl (C=O) groups is 1. The van der Waals surface area contributed by atoms with Gasteiger partial charge in [-0.3, -0.25) is 4.79 Å². The number of nitrogens with zero attached hydrogens (tertiary/aromatic N) is 1. The van der Waals surface area contributed by atoms with Crippen LogP contribution < -0.4 is 16.8 Å². The van der Waals surface area contributed by atoms with Gasteiger partial charge in [0.1, 0.15) is 17.3 Å². The van der Waals surface area contributed by atoms with Crippen LogP contribution in [0, 0.1) is 0 Å². The smallest absolute Gasteiger partial charge is 0.267 e. The Morgan fingerprint density at radius 2 is 2.11 bits per heavy atom. The van der Waals surface area contributed by atoms with E-state index in [9.17, 15) is 9.90 Å². The summed E-state index contributed by atoms with van der Waals surface area (Å²) in [4.78, 5) is 15.0. The molecule has 98 valence electrons. The summed E-state index contributed by atoms with van der Waals surface area (Å²) in [6, 6.07) is 9.72. The van der Waals surface area contributed by atoms with Gasteiger partial charge in [-0.15, -0.1) is 0 Å². The molecule has 0 aliphatic rings. The number of primary amides is 1. The van der Waals surface area contributed by atoms with Gasteiger partial charge in [0.05, 0.1) is 0 Å². The molecule has 19 heavy (non-hydrogen) atoms. The molecular weight excluding hydrogens is 244 g/mol. The van der Waals surface area contributed by atoms with Gasteiger partial charge in [0.15, 0.2) is 0 Å². The molecule has 0 unspecified atom stereocenters. The first-order valence-corrected chi connectivity index (χ1v) is 5.64. The predicted octanol–water partition coefficient (Wildman–Crippen LogP) is 1.08. The fourth-order valence-electron chi connectivity index (χ4n) is 1.60.